The topological polar surface area (TPSA) is 81.5 Å². The van der Waals surface area contributed by atoms with Gasteiger partial charge in [-0.3, -0.25) is 14.9 Å². The summed E-state index contributed by atoms with van der Waals surface area (Å²) in [6.45, 7) is 2.42. The maximum absolute atomic E-state index is 12.1. The van der Waals surface area contributed by atoms with Gasteiger partial charge in [-0.1, -0.05) is 17.7 Å². The second kappa shape index (κ2) is 5.54. The molecule has 1 fully saturated rings. The van der Waals surface area contributed by atoms with E-state index in [1.54, 1.807) is 0 Å². The SMILES string of the molecule is CC1OCCC1NC(=O)c1cccc(Cl)c1[N+](=O)[O-]. The quantitative estimate of drug-likeness (QED) is 0.681. The van der Waals surface area contributed by atoms with Gasteiger partial charge in [0, 0.05) is 6.61 Å². The van der Waals surface area contributed by atoms with Crippen molar-refractivity contribution in [3.05, 3.63) is 38.9 Å². The molecule has 7 heteroatoms. The second-order valence-corrected chi connectivity index (χ2v) is 4.74. The Balaban J connectivity index is 2.24. The van der Waals surface area contributed by atoms with Crippen molar-refractivity contribution in [3.63, 3.8) is 0 Å². The number of nitrogens with zero attached hydrogens (tertiary/aromatic N) is 1. The minimum Gasteiger partial charge on any atom is -0.376 e. The Bertz CT molecular complexity index is 520. The maximum atomic E-state index is 12.1. The van der Waals surface area contributed by atoms with Crippen molar-refractivity contribution in [1.29, 1.82) is 0 Å². The first-order valence-electron chi connectivity index (χ1n) is 5.86. The van der Waals surface area contributed by atoms with Gasteiger partial charge in [-0.05, 0) is 25.5 Å². The summed E-state index contributed by atoms with van der Waals surface area (Å²) in [7, 11) is 0. The molecule has 1 aliphatic heterocycles. The number of benzene rings is 1. The fourth-order valence-corrected chi connectivity index (χ4v) is 2.30. The molecule has 0 radical (unpaired) electrons. The molecule has 2 atom stereocenters. The van der Waals surface area contributed by atoms with Gasteiger partial charge in [-0.25, -0.2) is 0 Å². The first-order chi connectivity index (χ1) is 9.00. The van der Waals surface area contributed by atoms with Crippen molar-refractivity contribution in [2.24, 2.45) is 0 Å². The minimum atomic E-state index is -0.647. The average molecular weight is 285 g/mol. The van der Waals surface area contributed by atoms with Crippen LogP contribution in [0.25, 0.3) is 0 Å². The van der Waals surface area contributed by atoms with Crippen LogP contribution < -0.4 is 5.32 Å². The van der Waals surface area contributed by atoms with Gasteiger partial charge in [-0.2, -0.15) is 0 Å². The number of hydrogen-bond acceptors (Lipinski definition) is 4. The molecule has 2 unspecified atom stereocenters. The number of carbonyl (C=O) groups is 1. The highest BCUT2D eigenvalue weighted by molar-refractivity contribution is 6.33. The average Bonchev–Trinajstić information content (AvgIpc) is 2.74. The summed E-state index contributed by atoms with van der Waals surface area (Å²) in [6.07, 6.45) is 0.601. The normalized spacial score (nSPS) is 22.2. The molecule has 19 heavy (non-hydrogen) atoms. The van der Waals surface area contributed by atoms with Crippen LogP contribution in [0.4, 0.5) is 5.69 Å². The van der Waals surface area contributed by atoms with E-state index in [4.69, 9.17) is 16.3 Å². The van der Waals surface area contributed by atoms with Gasteiger partial charge in [0.25, 0.3) is 5.91 Å². The lowest BCUT2D eigenvalue weighted by atomic mass is 10.1. The monoisotopic (exact) mass is 284 g/mol. The van der Waals surface area contributed by atoms with Gasteiger partial charge >= 0.3 is 5.69 Å². The number of halogens is 1. The first kappa shape index (κ1) is 13.8. The third-order valence-corrected chi connectivity index (χ3v) is 3.41. The highest BCUT2D eigenvalue weighted by atomic mass is 35.5. The van der Waals surface area contributed by atoms with E-state index < -0.39 is 10.8 Å². The van der Waals surface area contributed by atoms with E-state index in [1.807, 2.05) is 6.92 Å². The molecule has 0 saturated carbocycles. The van der Waals surface area contributed by atoms with Gasteiger partial charge < -0.3 is 10.1 Å². The van der Waals surface area contributed by atoms with Gasteiger partial charge in [0.1, 0.15) is 10.6 Å². The Labute approximate surface area is 114 Å². The summed E-state index contributed by atoms with van der Waals surface area (Å²) >= 11 is 5.77. The van der Waals surface area contributed by atoms with Crippen LogP contribution in [0.15, 0.2) is 18.2 Å². The van der Waals surface area contributed by atoms with Crippen LogP contribution >= 0.6 is 11.6 Å². The van der Waals surface area contributed by atoms with Gasteiger partial charge in [-0.15, -0.1) is 0 Å². The molecule has 1 heterocycles. The summed E-state index contributed by atoms with van der Waals surface area (Å²) in [6, 6.07) is 4.15. The number of amides is 1. The molecule has 0 spiro atoms. The number of hydrogen-bond donors (Lipinski definition) is 1. The zero-order chi connectivity index (χ0) is 14.0. The highest BCUT2D eigenvalue weighted by Crippen LogP contribution is 2.28. The van der Waals surface area contributed by atoms with E-state index in [9.17, 15) is 14.9 Å². The van der Waals surface area contributed by atoms with E-state index in [0.717, 1.165) is 0 Å². The fourth-order valence-electron chi connectivity index (χ4n) is 2.05. The lowest BCUT2D eigenvalue weighted by Crippen LogP contribution is -2.39. The molecule has 1 aliphatic rings. The highest BCUT2D eigenvalue weighted by Gasteiger charge is 2.29. The number of nitro groups is 1. The Morgan fingerprint density at radius 1 is 1.58 bits per heavy atom. The smallest absolute Gasteiger partial charge is 0.300 e. The van der Waals surface area contributed by atoms with Crippen LogP contribution in [0.1, 0.15) is 23.7 Å². The molecule has 1 amide bonds. The molecule has 102 valence electrons. The molecule has 0 aliphatic carbocycles. The van der Waals surface area contributed by atoms with E-state index >= 15 is 0 Å². The summed E-state index contributed by atoms with van der Waals surface area (Å²) in [5.41, 5.74) is -0.398. The summed E-state index contributed by atoms with van der Waals surface area (Å²) in [4.78, 5) is 22.4. The maximum Gasteiger partial charge on any atom is 0.300 e. The molecular formula is C12H13ClN2O4. The van der Waals surface area contributed by atoms with Gasteiger partial charge in [0.15, 0.2) is 0 Å². The van der Waals surface area contributed by atoms with Crippen molar-refractivity contribution in [2.45, 2.75) is 25.5 Å². The number of rotatable bonds is 3. The predicted molar refractivity (Wildman–Crippen MR) is 69.4 cm³/mol. The number of carbonyl (C=O) groups excluding carboxylic acids is 1. The Kier molecular flexibility index (Phi) is 4.01. The van der Waals surface area contributed by atoms with Crippen LogP contribution in [0, 0.1) is 10.1 Å². The molecule has 0 bridgehead atoms. The number of ether oxygens (including phenoxy) is 1. The fraction of sp³-hybridized carbons (Fsp3) is 0.417. The molecule has 0 aromatic heterocycles. The van der Waals surface area contributed by atoms with Gasteiger partial charge in [0.05, 0.1) is 17.1 Å². The van der Waals surface area contributed by atoms with Crippen molar-refractivity contribution < 1.29 is 14.5 Å². The summed E-state index contributed by atoms with van der Waals surface area (Å²) in [5.74, 6) is -0.503. The van der Waals surface area contributed by atoms with E-state index in [-0.39, 0.29) is 28.4 Å². The molecular weight excluding hydrogens is 272 g/mol. The van der Waals surface area contributed by atoms with Crippen molar-refractivity contribution in [1.82, 2.24) is 5.32 Å². The third kappa shape index (κ3) is 2.85. The predicted octanol–water partition coefficient (Wildman–Crippen LogP) is 2.16. The molecule has 1 saturated heterocycles. The third-order valence-electron chi connectivity index (χ3n) is 3.11. The number of nitrogens with one attached hydrogen (secondary N) is 1. The summed E-state index contributed by atoms with van der Waals surface area (Å²) in [5, 5.41) is 13.7. The molecule has 1 aromatic carbocycles. The van der Waals surface area contributed by atoms with Crippen LogP contribution in [-0.4, -0.2) is 29.6 Å². The largest absolute Gasteiger partial charge is 0.376 e. The van der Waals surface area contributed by atoms with Crippen molar-refractivity contribution in [2.75, 3.05) is 6.61 Å². The zero-order valence-electron chi connectivity index (χ0n) is 10.3. The Morgan fingerprint density at radius 2 is 2.32 bits per heavy atom. The first-order valence-corrected chi connectivity index (χ1v) is 6.24. The lowest BCUT2D eigenvalue weighted by Gasteiger charge is -2.16. The standard InChI is InChI=1S/C12H13ClN2O4/c1-7-10(5-6-19-7)14-12(16)8-3-2-4-9(13)11(8)15(17)18/h2-4,7,10H,5-6H2,1H3,(H,14,16). The van der Waals surface area contributed by atoms with E-state index in [2.05, 4.69) is 5.32 Å². The zero-order valence-corrected chi connectivity index (χ0v) is 11.0. The molecule has 1 N–H and O–H groups in total. The molecule has 1 aromatic rings. The Hall–Kier alpha value is -1.66. The van der Waals surface area contributed by atoms with Crippen molar-refractivity contribution >= 4 is 23.2 Å². The van der Waals surface area contributed by atoms with E-state index in [1.165, 1.54) is 18.2 Å². The summed E-state index contributed by atoms with van der Waals surface area (Å²) < 4.78 is 5.33. The van der Waals surface area contributed by atoms with Crippen LogP contribution in [0.2, 0.25) is 5.02 Å². The second-order valence-electron chi connectivity index (χ2n) is 4.34. The van der Waals surface area contributed by atoms with Crippen LogP contribution in [0.3, 0.4) is 0 Å². The lowest BCUT2D eigenvalue weighted by molar-refractivity contribution is -0.385. The van der Waals surface area contributed by atoms with Crippen LogP contribution in [-0.2, 0) is 4.74 Å². The molecule has 2 rings (SSSR count). The molecule has 6 nitrogen and oxygen atoms in total. The number of nitro benzene ring substituents is 1. The van der Waals surface area contributed by atoms with Crippen molar-refractivity contribution in [3.8, 4) is 0 Å². The van der Waals surface area contributed by atoms with Gasteiger partial charge in [0.2, 0.25) is 0 Å². The number of para-hydroxylation sites is 1. The Morgan fingerprint density at radius 3 is 2.89 bits per heavy atom. The van der Waals surface area contributed by atoms with E-state index in [0.29, 0.717) is 13.0 Å². The van der Waals surface area contributed by atoms with Crippen LogP contribution in [0.5, 0.6) is 0 Å². The minimum absolute atomic E-state index is 0.0309.